The Bertz CT molecular complexity index is 673. The van der Waals surface area contributed by atoms with Crippen LogP contribution in [0.1, 0.15) is 0 Å². The second-order valence-corrected chi connectivity index (χ2v) is 7.04. The summed E-state index contributed by atoms with van der Waals surface area (Å²) in [5.74, 6) is -6.40. The van der Waals surface area contributed by atoms with Crippen LogP contribution in [0.15, 0.2) is 33.6 Å². The van der Waals surface area contributed by atoms with Crippen LogP contribution in [0.4, 0.5) is 26.3 Å². The fraction of sp³-hybridized carbons (Fsp3) is 0.273. The van der Waals surface area contributed by atoms with Gasteiger partial charge in [0, 0.05) is 15.6 Å². The van der Waals surface area contributed by atoms with E-state index in [9.17, 15) is 40.1 Å². The molecule has 0 heterocycles. The maximum atomic E-state index is 11.2. The first-order valence-electron chi connectivity index (χ1n) is 5.44. The summed E-state index contributed by atoms with van der Waals surface area (Å²) in [6, 6.07) is 6.96. The molecule has 24 heavy (non-hydrogen) atoms. The number of alkyl halides is 6. The molecule has 1 aromatic rings. The van der Waals surface area contributed by atoms with Gasteiger partial charge in [0.05, 0.1) is 9.73 Å². The molecule has 0 spiro atoms. The standard InChI is InChI=1S/C7H8BrNOS.C4F6O3/c1-11(9,10)7-4-2-6(8)3-5-7;5-3(6,7)1(11)13-2(12)4(8,9)10/h2-5,9H,1H3;. The molecule has 13 heteroatoms. The number of carbonyl (C=O) groups excluding carboxylic acids is 2. The smallest absolute Gasteiger partial charge is 0.380 e. The van der Waals surface area contributed by atoms with E-state index in [1.54, 1.807) is 24.3 Å². The minimum Gasteiger partial charge on any atom is -0.380 e. The molecule has 0 aliphatic rings. The summed E-state index contributed by atoms with van der Waals surface area (Å²) in [6.07, 6.45) is -9.84. The van der Waals surface area contributed by atoms with Crippen LogP contribution in [0.2, 0.25) is 0 Å². The molecule has 0 amide bonds. The zero-order valence-corrected chi connectivity index (χ0v) is 13.9. The van der Waals surface area contributed by atoms with Gasteiger partial charge in [0.2, 0.25) is 0 Å². The van der Waals surface area contributed by atoms with Crippen molar-refractivity contribution < 1.29 is 44.9 Å². The largest absolute Gasteiger partial charge is 0.491 e. The fourth-order valence-corrected chi connectivity index (χ4v) is 1.81. The summed E-state index contributed by atoms with van der Waals surface area (Å²) in [7, 11) is -2.54. The van der Waals surface area contributed by atoms with Gasteiger partial charge in [-0.15, -0.1) is 0 Å². The fourth-order valence-electron chi connectivity index (χ4n) is 0.894. The van der Waals surface area contributed by atoms with E-state index in [1.807, 2.05) is 0 Å². The first-order valence-corrected chi connectivity index (χ1v) is 8.20. The van der Waals surface area contributed by atoms with Gasteiger partial charge >= 0.3 is 24.3 Å². The van der Waals surface area contributed by atoms with E-state index in [0.29, 0.717) is 4.90 Å². The predicted molar refractivity (Wildman–Crippen MR) is 72.4 cm³/mol. The zero-order valence-electron chi connectivity index (χ0n) is 11.5. The van der Waals surface area contributed by atoms with Crippen molar-refractivity contribution in [1.82, 2.24) is 0 Å². The van der Waals surface area contributed by atoms with Crippen LogP contribution in [0.3, 0.4) is 0 Å². The molecule has 5 nitrogen and oxygen atoms in total. The highest BCUT2D eigenvalue weighted by Crippen LogP contribution is 2.21. The molecule has 1 atom stereocenters. The maximum Gasteiger partial charge on any atom is 0.491 e. The summed E-state index contributed by atoms with van der Waals surface area (Å²) in [6.45, 7) is 0. The van der Waals surface area contributed by atoms with Gasteiger partial charge in [-0.3, -0.25) is 0 Å². The predicted octanol–water partition coefficient (Wildman–Crippen LogP) is 3.67. The van der Waals surface area contributed by atoms with Crippen molar-refractivity contribution in [3.8, 4) is 0 Å². The molecule has 0 saturated heterocycles. The summed E-state index contributed by atoms with van der Waals surface area (Å²) < 4.78 is 89.0. The van der Waals surface area contributed by atoms with Crippen LogP contribution in [0.5, 0.6) is 0 Å². The molecular formula is C11H8BrF6NO4S. The quantitative estimate of drug-likeness (QED) is 0.407. The van der Waals surface area contributed by atoms with E-state index >= 15 is 0 Å². The molecular weight excluding hydrogens is 436 g/mol. The van der Waals surface area contributed by atoms with E-state index < -0.39 is 34.0 Å². The second kappa shape index (κ2) is 7.96. The number of ether oxygens (including phenoxy) is 1. The highest BCUT2D eigenvalue weighted by atomic mass is 79.9. The van der Waals surface area contributed by atoms with E-state index in [0.717, 1.165) is 4.47 Å². The Morgan fingerprint density at radius 3 is 1.58 bits per heavy atom. The molecule has 0 aromatic heterocycles. The summed E-state index contributed by atoms with van der Waals surface area (Å²) in [5, 5.41) is 0. The van der Waals surface area contributed by atoms with Crippen LogP contribution in [-0.4, -0.2) is 34.8 Å². The Balaban J connectivity index is 0.000000446. The lowest BCUT2D eigenvalue weighted by Crippen LogP contribution is -2.34. The lowest BCUT2D eigenvalue weighted by atomic mass is 10.4. The first kappa shape index (κ1) is 22.4. The van der Waals surface area contributed by atoms with Gasteiger partial charge in [0.1, 0.15) is 0 Å². The molecule has 1 aromatic carbocycles. The number of carbonyl (C=O) groups is 2. The van der Waals surface area contributed by atoms with Crippen LogP contribution < -0.4 is 0 Å². The number of hydrogen-bond acceptors (Lipinski definition) is 5. The minimum absolute atomic E-state index is 0.570. The summed E-state index contributed by atoms with van der Waals surface area (Å²) in [5.41, 5.74) is 0. The molecule has 0 saturated carbocycles. The van der Waals surface area contributed by atoms with Gasteiger partial charge < -0.3 is 4.74 Å². The van der Waals surface area contributed by atoms with Gasteiger partial charge in [-0.25, -0.2) is 18.6 Å². The van der Waals surface area contributed by atoms with Gasteiger partial charge in [0.15, 0.2) is 0 Å². The molecule has 1 N–H and O–H groups in total. The topological polar surface area (TPSA) is 84.3 Å². The Morgan fingerprint density at radius 2 is 1.33 bits per heavy atom. The number of nitrogens with one attached hydrogen (secondary N) is 1. The number of benzene rings is 1. The Labute approximate surface area is 140 Å². The van der Waals surface area contributed by atoms with E-state index in [-0.39, 0.29) is 0 Å². The first-order chi connectivity index (χ1) is 10.5. The van der Waals surface area contributed by atoms with Crippen molar-refractivity contribution in [3.63, 3.8) is 0 Å². The Hall–Kier alpha value is -1.63. The lowest BCUT2D eigenvalue weighted by molar-refractivity contribution is -0.221. The van der Waals surface area contributed by atoms with Crippen LogP contribution in [0, 0.1) is 4.78 Å². The average Bonchev–Trinajstić information content (AvgIpc) is 2.36. The Morgan fingerprint density at radius 1 is 1.00 bits per heavy atom. The number of esters is 2. The van der Waals surface area contributed by atoms with E-state index in [2.05, 4.69) is 20.7 Å². The van der Waals surface area contributed by atoms with Gasteiger partial charge in [0.25, 0.3) is 0 Å². The average molecular weight is 444 g/mol. The third-order valence-corrected chi connectivity index (χ3v) is 3.61. The summed E-state index contributed by atoms with van der Waals surface area (Å²) in [4.78, 5) is 19.9. The van der Waals surface area contributed by atoms with Crippen molar-refractivity contribution in [1.29, 1.82) is 4.78 Å². The lowest BCUT2D eigenvalue weighted by Gasteiger charge is -2.06. The molecule has 1 unspecified atom stereocenters. The van der Waals surface area contributed by atoms with E-state index in [1.165, 1.54) is 6.26 Å². The van der Waals surface area contributed by atoms with Crippen molar-refractivity contribution >= 4 is 37.6 Å². The maximum absolute atomic E-state index is 11.2. The van der Waals surface area contributed by atoms with Gasteiger partial charge in [-0.1, -0.05) is 15.9 Å². The number of hydrogen-bond donors (Lipinski definition) is 1. The molecule has 0 aliphatic carbocycles. The van der Waals surface area contributed by atoms with Gasteiger partial charge in [-0.05, 0) is 24.3 Å². The molecule has 136 valence electrons. The Kier molecular flexibility index (Phi) is 7.42. The van der Waals surface area contributed by atoms with Crippen molar-refractivity contribution in [2.75, 3.05) is 6.26 Å². The number of halogens is 7. The molecule has 0 radical (unpaired) electrons. The molecule has 1 rings (SSSR count). The minimum atomic E-state index is -5.62. The second-order valence-electron chi connectivity index (χ2n) is 3.97. The van der Waals surface area contributed by atoms with Crippen molar-refractivity contribution in [3.05, 3.63) is 28.7 Å². The zero-order chi connectivity index (χ0) is 19.3. The monoisotopic (exact) mass is 443 g/mol. The molecule has 0 aliphatic heterocycles. The van der Waals surface area contributed by atoms with Crippen molar-refractivity contribution in [2.45, 2.75) is 17.2 Å². The number of rotatable bonds is 1. The van der Waals surface area contributed by atoms with Crippen molar-refractivity contribution in [2.24, 2.45) is 0 Å². The van der Waals surface area contributed by atoms with Crippen LogP contribution >= 0.6 is 15.9 Å². The SMILES string of the molecule is CS(=N)(=O)c1ccc(Br)cc1.O=C(OC(=O)C(F)(F)F)C(F)(F)F. The normalized spacial score (nSPS) is 14.0. The van der Waals surface area contributed by atoms with E-state index in [4.69, 9.17) is 4.78 Å². The highest BCUT2D eigenvalue weighted by Gasteiger charge is 2.49. The highest BCUT2D eigenvalue weighted by molar-refractivity contribution is 9.10. The van der Waals surface area contributed by atoms with Gasteiger partial charge in [-0.2, -0.15) is 26.3 Å². The van der Waals surface area contributed by atoms with Crippen LogP contribution in [-0.2, 0) is 24.1 Å². The third-order valence-electron chi connectivity index (χ3n) is 1.91. The molecule has 0 fully saturated rings. The third kappa shape index (κ3) is 8.29. The summed E-state index contributed by atoms with van der Waals surface area (Å²) >= 11 is 3.26. The molecule has 0 bridgehead atoms. The van der Waals surface area contributed by atoms with Crippen LogP contribution in [0.25, 0.3) is 0 Å².